The summed E-state index contributed by atoms with van der Waals surface area (Å²) in [6.07, 6.45) is 5.78. The van der Waals surface area contributed by atoms with Gasteiger partial charge >= 0.3 is 0 Å². The molecule has 1 aliphatic rings. The summed E-state index contributed by atoms with van der Waals surface area (Å²) in [6.45, 7) is 9.05. The van der Waals surface area contributed by atoms with Crippen molar-refractivity contribution in [3.05, 3.63) is 0 Å². The zero-order chi connectivity index (χ0) is 13.2. The molecule has 0 aromatic carbocycles. The van der Waals surface area contributed by atoms with Gasteiger partial charge in [0.2, 0.25) is 0 Å². The Morgan fingerprint density at radius 2 is 1.94 bits per heavy atom. The van der Waals surface area contributed by atoms with Crippen LogP contribution in [0.4, 0.5) is 0 Å². The third kappa shape index (κ3) is 6.24. The van der Waals surface area contributed by atoms with Crippen molar-refractivity contribution in [3.63, 3.8) is 0 Å². The highest BCUT2D eigenvalue weighted by molar-refractivity contribution is 5.78. The van der Waals surface area contributed by atoms with Crippen LogP contribution in [-0.2, 0) is 4.74 Å². The van der Waals surface area contributed by atoms with Gasteiger partial charge in [-0.25, -0.2) is 0 Å². The summed E-state index contributed by atoms with van der Waals surface area (Å²) >= 11 is 0. The lowest BCUT2D eigenvalue weighted by Gasteiger charge is -2.31. The average molecular weight is 255 g/mol. The van der Waals surface area contributed by atoms with E-state index in [2.05, 4.69) is 23.7 Å². The number of nitrogens with two attached hydrogens (primary N) is 1. The number of unbranched alkanes of at least 4 members (excludes halogenated alkanes) is 1. The highest BCUT2D eigenvalue weighted by Crippen LogP contribution is 2.15. The molecule has 1 heterocycles. The van der Waals surface area contributed by atoms with Gasteiger partial charge < -0.3 is 15.4 Å². The third-order valence-corrected chi connectivity index (χ3v) is 3.47. The molecule has 2 N–H and O–H groups in total. The van der Waals surface area contributed by atoms with Gasteiger partial charge in [0.1, 0.15) is 0 Å². The first kappa shape index (κ1) is 15.3. The molecule has 0 spiro atoms. The number of guanidine groups is 1. The molecule has 4 nitrogen and oxygen atoms in total. The van der Waals surface area contributed by atoms with Gasteiger partial charge in [-0.15, -0.1) is 0 Å². The van der Waals surface area contributed by atoms with Gasteiger partial charge in [0.05, 0.1) is 0 Å². The SMILES string of the molecule is CCCCOCCCN=C(N)N1CCC(C)CC1. The molecule has 0 amide bonds. The summed E-state index contributed by atoms with van der Waals surface area (Å²) in [6, 6.07) is 0. The number of rotatable bonds is 7. The lowest BCUT2D eigenvalue weighted by atomic mass is 10.00. The van der Waals surface area contributed by atoms with Gasteiger partial charge in [-0.3, -0.25) is 4.99 Å². The maximum absolute atomic E-state index is 5.99. The lowest BCUT2D eigenvalue weighted by Crippen LogP contribution is -2.42. The first-order valence-electron chi connectivity index (χ1n) is 7.36. The average Bonchev–Trinajstić information content (AvgIpc) is 2.38. The minimum atomic E-state index is 0.718. The smallest absolute Gasteiger partial charge is 0.191 e. The zero-order valence-electron chi connectivity index (χ0n) is 12.0. The van der Waals surface area contributed by atoms with E-state index in [1.807, 2.05) is 0 Å². The monoisotopic (exact) mass is 255 g/mol. The van der Waals surface area contributed by atoms with Crippen molar-refractivity contribution < 1.29 is 4.74 Å². The molecule has 0 unspecified atom stereocenters. The molecule has 1 aliphatic heterocycles. The van der Waals surface area contributed by atoms with E-state index in [0.29, 0.717) is 0 Å². The second-order valence-corrected chi connectivity index (χ2v) is 5.23. The molecule has 18 heavy (non-hydrogen) atoms. The van der Waals surface area contributed by atoms with Crippen molar-refractivity contribution in [2.75, 3.05) is 32.8 Å². The largest absolute Gasteiger partial charge is 0.381 e. The molecular formula is C14H29N3O. The molecule has 4 heteroatoms. The predicted molar refractivity (Wildman–Crippen MR) is 76.8 cm³/mol. The molecular weight excluding hydrogens is 226 g/mol. The second kappa shape index (κ2) is 9.20. The number of likely N-dealkylation sites (tertiary alicyclic amines) is 1. The van der Waals surface area contributed by atoms with Crippen LogP contribution in [0.1, 0.15) is 46.0 Å². The Morgan fingerprint density at radius 1 is 1.28 bits per heavy atom. The van der Waals surface area contributed by atoms with Gasteiger partial charge in [-0.2, -0.15) is 0 Å². The van der Waals surface area contributed by atoms with E-state index in [1.165, 1.54) is 19.3 Å². The Balaban J connectivity index is 2.06. The predicted octanol–water partition coefficient (Wildman–Crippen LogP) is 2.24. The fourth-order valence-corrected chi connectivity index (χ4v) is 2.05. The maximum atomic E-state index is 5.99. The van der Waals surface area contributed by atoms with Crippen molar-refractivity contribution >= 4 is 5.96 Å². The van der Waals surface area contributed by atoms with Gasteiger partial charge in [0.25, 0.3) is 0 Å². The first-order valence-corrected chi connectivity index (χ1v) is 7.36. The van der Waals surface area contributed by atoms with Gasteiger partial charge in [0.15, 0.2) is 5.96 Å². The molecule has 1 saturated heterocycles. The highest BCUT2D eigenvalue weighted by Gasteiger charge is 2.16. The van der Waals surface area contributed by atoms with Crippen LogP contribution in [0.3, 0.4) is 0 Å². The van der Waals surface area contributed by atoms with Crippen LogP contribution in [-0.4, -0.2) is 43.7 Å². The van der Waals surface area contributed by atoms with Crippen LogP contribution >= 0.6 is 0 Å². The fourth-order valence-electron chi connectivity index (χ4n) is 2.05. The molecule has 0 aromatic heterocycles. The van der Waals surface area contributed by atoms with Crippen molar-refractivity contribution in [1.82, 2.24) is 4.90 Å². The summed E-state index contributed by atoms with van der Waals surface area (Å²) in [7, 11) is 0. The summed E-state index contributed by atoms with van der Waals surface area (Å²) in [4.78, 5) is 6.64. The highest BCUT2D eigenvalue weighted by atomic mass is 16.5. The Morgan fingerprint density at radius 3 is 2.61 bits per heavy atom. The lowest BCUT2D eigenvalue weighted by molar-refractivity contribution is 0.130. The molecule has 0 aliphatic carbocycles. The van der Waals surface area contributed by atoms with E-state index in [0.717, 1.165) is 57.6 Å². The molecule has 1 fully saturated rings. The van der Waals surface area contributed by atoms with Crippen LogP contribution in [0.2, 0.25) is 0 Å². The summed E-state index contributed by atoms with van der Waals surface area (Å²) in [5, 5.41) is 0. The standard InChI is InChI=1S/C14H29N3O/c1-3-4-11-18-12-5-8-16-14(15)17-9-6-13(2)7-10-17/h13H,3-12H2,1-2H3,(H2,15,16). The molecule has 0 radical (unpaired) electrons. The zero-order valence-corrected chi connectivity index (χ0v) is 12.0. The normalized spacial score (nSPS) is 18.3. The number of ether oxygens (including phenoxy) is 1. The molecule has 1 rings (SSSR count). The minimum absolute atomic E-state index is 0.718. The van der Waals surface area contributed by atoms with Crippen LogP contribution in [0.25, 0.3) is 0 Å². The Bertz CT molecular complexity index is 235. The van der Waals surface area contributed by atoms with Crippen LogP contribution in [0, 0.1) is 5.92 Å². The molecule has 106 valence electrons. The van der Waals surface area contributed by atoms with Crippen molar-refractivity contribution in [3.8, 4) is 0 Å². The summed E-state index contributed by atoms with van der Waals surface area (Å²) in [5.74, 6) is 1.55. The fraction of sp³-hybridized carbons (Fsp3) is 0.929. The number of nitrogens with zero attached hydrogens (tertiary/aromatic N) is 2. The van der Waals surface area contributed by atoms with Crippen molar-refractivity contribution in [1.29, 1.82) is 0 Å². The van der Waals surface area contributed by atoms with Crippen LogP contribution in [0.15, 0.2) is 4.99 Å². The van der Waals surface area contributed by atoms with E-state index in [1.54, 1.807) is 0 Å². The third-order valence-electron chi connectivity index (χ3n) is 3.47. The van der Waals surface area contributed by atoms with Crippen molar-refractivity contribution in [2.45, 2.75) is 46.0 Å². The Hall–Kier alpha value is -0.770. The summed E-state index contributed by atoms with van der Waals surface area (Å²) < 4.78 is 5.49. The van der Waals surface area contributed by atoms with E-state index >= 15 is 0 Å². The summed E-state index contributed by atoms with van der Waals surface area (Å²) in [5.41, 5.74) is 5.99. The van der Waals surface area contributed by atoms with Gasteiger partial charge in [-0.1, -0.05) is 20.3 Å². The van der Waals surface area contributed by atoms with Crippen molar-refractivity contribution in [2.24, 2.45) is 16.6 Å². The quantitative estimate of drug-likeness (QED) is 0.431. The Kier molecular flexibility index (Phi) is 7.81. The number of piperidine rings is 1. The molecule has 0 aromatic rings. The van der Waals surface area contributed by atoms with E-state index in [4.69, 9.17) is 10.5 Å². The molecule has 0 saturated carbocycles. The van der Waals surface area contributed by atoms with E-state index in [9.17, 15) is 0 Å². The minimum Gasteiger partial charge on any atom is -0.381 e. The number of hydrogen-bond acceptors (Lipinski definition) is 2. The molecule has 0 atom stereocenters. The Labute approximate surface area is 112 Å². The molecule has 0 bridgehead atoms. The number of hydrogen-bond donors (Lipinski definition) is 1. The maximum Gasteiger partial charge on any atom is 0.191 e. The van der Waals surface area contributed by atoms with Crippen LogP contribution in [0.5, 0.6) is 0 Å². The van der Waals surface area contributed by atoms with E-state index < -0.39 is 0 Å². The second-order valence-electron chi connectivity index (χ2n) is 5.23. The van der Waals surface area contributed by atoms with E-state index in [-0.39, 0.29) is 0 Å². The first-order chi connectivity index (χ1) is 8.74. The van der Waals surface area contributed by atoms with Crippen LogP contribution < -0.4 is 5.73 Å². The van der Waals surface area contributed by atoms with Gasteiger partial charge in [0, 0.05) is 32.8 Å². The topological polar surface area (TPSA) is 50.9 Å². The van der Waals surface area contributed by atoms with Gasteiger partial charge in [-0.05, 0) is 31.6 Å². The number of aliphatic imine (C=N–C) groups is 1.